The Morgan fingerprint density at radius 3 is 2.63 bits per heavy atom. The van der Waals surface area contributed by atoms with Crippen LogP contribution in [0.1, 0.15) is 6.42 Å². The highest BCUT2D eigenvalue weighted by molar-refractivity contribution is 5.41. The maximum Gasteiger partial charge on any atom is 0.202 e. The van der Waals surface area contributed by atoms with Gasteiger partial charge in [-0.1, -0.05) is 0 Å². The number of hydrogen-bond acceptors (Lipinski definition) is 6. The van der Waals surface area contributed by atoms with Gasteiger partial charge in [0.25, 0.3) is 0 Å². The van der Waals surface area contributed by atoms with Crippen LogP contribution in [0.3, 0.4) is 0 Å². The lowest BCUT2D eigenvalue weighted by Gasteiger charge is -2.37. The summed E-state index contributed by atoms with van der Waals surface area (Å²) in [6.07, 6.45) is -2.24. The van der Waals surface area contributed by atoms with Crippen LogP contribution in [0.15, 0.2) is 24.3 Å². The number of anilines is 1. The Morgan fingerprint density at radius 1 is 1.37 bits per heavy atom. The van der Waals surface area contributed by atoms with Crippen LogP contribution in [0.2, 0.25) is 0 Å². The molecule has 0 bridgehead atoms. The van der Waals surface area contributed by atoms with Crippen molar-refractivity contribution in [2.45, 2.75) is 31.0 Å². The summed E-state index contributed by atoms with van der Waals surface area (Å²) in [5.74, 6) is 0.596. The zero-order valence-corrected chi connectivity index (χ0v) is 10.7. The lowest BCUT2D eigenvalue weighted by Crippen LogP contribution is -2.52. The highest BCUT2D eigenvalue weighted by Crippen LogP contribution is 2.25. The van der Waals surface area contributed by atoms with Crippen LogP contribution in [-0.2, 0) is 9.47 Å². The molecule has 0 spiro atoms. The highest BCUT2D eigenvalue weighted by atomic mass is 16.7. The molecule has 0 amide bonds. The van der Waals surface area contributed by atoms with Crippen molar-refractivity contribution in [1.29, 1.82) is 0 Å². The van der Waals surface area contributed by atoms with Crippen LogP contribution < -0.4 is 10.5 Å². The van der Waals surface area contributed by atoms with Gasteiger partial charge in [0.2, 0.25) is 6.29 Å². The first-order valence-electron chi connectivity index (χ1n) is 6.13. The molecular formula is C13H19NO5. The SMILES string of the molecule is CO[C@@H]1[C@H](O)CC(Oc2ccc(N)cc2)O[C@@H]1CO. The van der Waals surface area contributed by atoms with Gasteiger partial charge < -0.3 is 30.2 Å². The minimum Gasteiger partial charge on any atom is -0.465 e. The predicted molar refractivity (Wildman–Crippen MR) is 68.7 cm³/mol. The zero-order chi connectivity index (χ0) is 13.8. The molecule has 6 nitrogen and oxygen atoms in total. The Labute approximate surface area is 111 Å². The number of benzene rings is 1. The summed E-state index contributed by atoms with van der Waals surface area (Å²) < 4.78 is 16.3. The number of methoxy groups -OCH3 is 1. The van der Waals surface area contributed by atoms with Crippen LogP contribution in [-0.4, -0.2) is 48.5 Å². The molecule has 106 valence electrons. The van der Waals surface area contributed by atoms with Crippen molar-refractivity contribution >= 4 is 5.69 Å². The first-order valence-corrected chi connectivity index (χ1v) is 6.13. The van der Waals surface area contributed by atoms with E-state index in [9.17, 15) is 10.2 Å². The Kier molecular flexibility index (Phi) is 4.60. The van der Waals surface area contributed by atoms with Crippen molar-refractivity contribution in [2.75, 3.05) is 19.5 Å². The summed E-state index contributed by atoms with van der Waals surface area (Å²) in [4.78, 5) is 0. The molecule has 0 saturated carbocycles. The third kappa shape index (κ3) is 3.36. The van der Waals surface area contributed by atoms with Crippen LogP contribution in [0.25, 0.3) is 0 Å². The fraction of sp³-hybridized carbons (Fsp3) is 0.538. The van der Waals surface area contributed by atoms with Crippen molar-refractivity contribution < 1.29 is 24.4 Å². The van der Waals surface area contributed by atoms with Gasteiger partial charge in [-0.05, 0) is 24.3 Å². The molecule has 0 aromatic heterocycles. The Hall–Kier alpha value is -1.34. The van der Waals surface area contributed by atoms with Crippen LogP contribution in [0, 0.1) is 0 Å². The molecule has 1 fully saturated rings. The van der Waals surface area contributed by atoms with E-state index in [1.54, 1.807) is 24.3 Å². The van der Waals surface area contributed by atoms with Crippen molar-refractivity contribution in [3.8, 4) is 5.75 Å². The minimum atomic E-state index is -0.741. The van der Waals surface area contributed by atoms with E-state index in [2.05, 4.69) is 0 Å². The molecule has 1 saturated heterocycles. The number of nitrogen functional groups attached to an aromatic ring is 1. The number of aliphatic hydroxyl groups is 2. The van der Waals surface area contributed by atoms with Crippen LogP contribution >= 0.6 is 0 Å². The van der Waals surface area contributed by atoms with E-state index in [1.807, 2.05) is 0 Å². The molecule has 0 aliphatic carbocycles. The molecule has 1 unspecified atom stereocenters. The number of rotatable bonds is 4. The Bertz CT molecular complexity index is 397. The average molecular weight is 269 g/mol. The Morgan fingerprint density at radius 2 is 2.05 bits per heavy atom. The van der Waals surface area contributed by atoms with Crippen LogP contribution in [0.4, 0.5) is 5.69 Å². The van der Waals surface area contributed by atoms with E-state index in [4.69, 9.17) is 19.9 Å². The molecule has 1 aromatic rings. The minimum absolute atomic E-state index is 0.239. The van der Waals surface area contributed by atoms with Gasteiger partial charge in [-0.2, -0.15) is 0 Å². The van der Waals surface area contributed by atoms with Crippen molar-refractivity contribution in [2.24, 2.45) is 0 Å². The van der Waals surface area contributed by atoms with Crippen molar-refractivity contribution in [3.63, 3.8) is 0 Å². The number of hydrogen-bond donors (Lipinski definition) is 3. The van der Waals surface area contributed by atoms with Gasteiger partial charge in [-0.3, -0.25) is 0 Å². The molecule has 19 heavy (non-hydrogen) atoms. The summed E-state index contributed by atoms with van der Waals surface area (Å²) >= 11 is 0. The second-order valence-corrected chi connectivity index (χ2v) is 4.48. The van der Waals surface area contributed by atoms with E-state index in [1.165, 1.54) is 7.11 Å². The number of ether oxygens (including phenoxy) is 3. The van der Waals surface area contributed by atoms with Gasteiger partial charge in [0.1, 0.15) is 18.0 Å². The van der Waals surface area contributed by atoms with Crippen LogP contribution in [0.5, 0.6) is 5.75 Å². The molecule has 1 aliphatic rings. The predicted octanol–water partition coefficient (Wildman–Crippen LogP) is 0.131. The first kappa shape index (κ1) is 14.1. The standard InChI is InChI=1S/C13H19NO5/c1-17-13-10(16)6-12(19-11(13)7-15)18-9-4-2-8(14)3-5-9/h2-5,10-13,15-16H,6-7,14H2,1H3/t10-,11-,12?,13-/m1/s1. The van der Waals surface area contributed by atoms with Crippen molar-refractivity contribution in [3.05, 3.63) is 24.3 Å². The Balaban J connectivity index is 2.00. The average Bonchev–Trinajstić information content (AvgIpc) is 2.40. The van der Waals surface area contributed by atoms with Gasteiger partial charge >= 0.3 is 0 Å². The molecule has 4 N–H and O–H groups in total. The van der Waals surface area contributed by atoms with Gasteiger partial charge in [-0.15, -0.1) is 0 Å². The molecule has 6 heteroatoms. The second kappa shape index (κ2) is 6.21. The lowest BCUT2D eigenvalue weighted by molar-refractivity contribution is -0.236. The third-order valence-electron chi connectivity index (χ3n) is 3.11. The smallest absolute Gasteiger partial charge is 0.202 e. The van der Waals surface area contributed by atoms with Crippen molar-refractivity contribution in [1.82, 2.24) is 0 Å². The van der Waals surface area contributed by atoms with E-state index in [0.717, 1.165) is 0 Å². The molecule has 4 atom stereocenters. The maximum atomic E-state index is 9.95. The summed E-state index contributed by atoms with van der Waals surface area (Å²) in [5, 5.41) is 19.2. The fourth-order valence-corrected chi connectivity index (χ4v) is 2.14. The number of aliphatic hydroxyl groups excluding tert-OH is 2. The van der Waals surface area contributed by atoms with E-state index in [0.29, 0.717) is 11.4 Å². The van der Waals surface area contributed by atoms with E-state index < -0.39 is 24.6 Å². The topological polar surface area (TPSA) is 94.2 Å². The zero-order valence-electron chi connectivity index (χ0n) is 10.7. The molecule has 1 heterocycles. The monoisotopic (exact) mass is 269 g/mol. The summed E-state index contributed by atoms with van der Waals surface area (Å²) in [6.45, 7) is -0.239. The van der Waals surface area contributed by atoms with Gasteiger partial charge in [-0.25, -0.2) is 0 Å². The molecule has 1 aromatic carbocycles. The van der Waals surface area contributed by atoms with Gasteiger partial charge in [0.15, 0.2) is 0 Å². The largest absolute Gasteiger partial charge is 0.465 e. The summed E-state index contributed by atoms with van der Waals surface area (Å²) in [7, 11) is 1.47. The summed E-state index contributed by atoms with van der Waals surface area (Å²) in [5.41, 5.74) is 6.23. The summed E-state index contributed by atoms with van der Waals surface area (Å²) in [6, 6.07) is 6.88. The van der Waals surface area contributed by atoms with Gasteiger partial charge in [0.05, 0.1) is 12.7 Å². The van der Waals surface area contributed by atoms with Gasteiger partial charge in [0, 0.05) is 19.2 Å². The van der Waals surface area contributed by atoms with E-state index in [-0.39, 0.29) is 13.0 Å². The quantitative estimate of drug-likeness (QED) is 0.673. The molecule has 2 rings (SSSR count). The first-order chi connectivity index (χ1) is 9.13. The highest BCUT2D eigenvalue weighted by Gasteiger charge is 2.38. The number of nitrogens with two attached hydrogens (primary N) is 1. The lowest BCUT2D eigenvalue weighted by atomic mass is 10.0. The normalized spacial score (nSPS) is 31.1. The third-order valence-corrected chi connectivity index (χ3v) is 3.11. The second-order valence-electron chi connectivity index (χ2n) is 4.48. The maximum absolute atomic E-state index is 9.95. The fourth-order valence-electron chi connectivity index (χ4n) is 2.14. The molecular weight excluding hydrogens is 250 g/mol. The van der Waals surface area contributed by atoms with E-state index >= 15 is 0 Å². The molecule has 0 radical (unpaired) electrons. The molecule has 1 aliphatic heterocycles.